The van der Waals surface area contributed by atoms with Crippen LogP contribution in [0.5, 0.6) is 0 Å². The number of hydrogen-bond donors (Lipinski definition) is 0. The van der Waals surface area contributed by atoms with Gasteiger partial charge in [0.15, 0.2) is 0 Å². The van der Waals surface area contributed by atoms with Crippen molar-refractivity contribution in [2.75, 3.05) is 0 Å². The first-order valence-electron chi connectivity index (χ1n) is 7.31. The van der Waals surface area contributed by atoms with Crippen LogP contribution in [0.4, 0.5) is 0 Å². The molecule has 1 aromatic heterocycles. The summed E-state index contributed by atoms with van der Waals surface area (Å²) in [6.45, 7) is 3.14. The van der Waals surface area contributed by atoms with Gasteiger partial charge in [0.2, 0.25) is 4.80 Å². The van der Waals surface area contributed by atoms with E-state index in [-0.39, 0.29) is 0 Å². The van der Waals surface area contributed by atoms with Crippen LogP contribution < -0.4 is 4.80 Å². The molecule has 0 aliphatic heterocycles. The second-order valence-corrected chi connectivity index (χ2v) is 5.96. The molecule has 0 aliphatic rings. The van der Waals surface area contributed by atoms with Gasteiger partial charge in [-0.3, -0.25) is 0 Å². The Hall–Kier alpha value is -1.49. The average molecular weight is 291 g/mol. The van der Waals surface area contributed by atoms with Crippen LogP contribution in [-0.2, 0) is 6.54 Å². The minimum atomic E-state index is 0.703. The van der Waals surface area contributed by atoms with Gasteiger partial charge >= 0.3 is 0 Å². The van der Waals surface area contributed by atoms with E-state index in [0.29, 0.717) is 4.80 Å². The molecule has 0 N–H and O–H groups in total. The summed E-state index contributed by atoms with van der Waals surface area (Å²) in [6, 6.07) is 8.16. The zero-order valence-electron chi connectivity index (χ0n) is 11.9. The SMILES string of the molecule is CCCCCCCCn1/c(=N/N=O)sc2ccccc21. The van der Waals surface area contributed by atoms with Crippen LogP contribution in [0.3, 0.4) is 0 Å². The number of fused-ring (bicyclic) bond motifs is 1. The second-order valence-electron chi connectivity index (χ2n) is 4.95. The topological polar surface area (TPSA) is 46.7 Å². The zero-order chi connectivity index (χ0) is 14.2. The number of rotatable bonds is 8. The van der Waals surface area contributed by atoms with Gasteiger partial charge in [-0.1, -0.05) is 67.6 Å². The molecular formula is C15H21N3OS. The highest BCUT2D eigenvalue weighted by atomic mass is 32.1. The largest absolute Gasteiger partial charge is 0.315 e. The average Bonchev–Trinajstić information content (AvgIpc) is 2.81. The Labute approximate surface area is 123 Å². The molecule has 20 heavy (non-hydrogen) atoms. The van der Waals surface area contributed by atoms with E-state index in [1.165, 1.54) is 43.4 Å². The number of nitroso groups, excluding NO2 is 1. The molecule has 0 saturated carbocycles. The van der Waals surface area contributed by atoms with Gasteiger partial charge in [0.05, 0.1) is 15.5 Å². The van der Waals surface area contributed by atoms with Crippen molar-refractivity contribution in [3.8, 4) is 0 Å². The van der Waals surface area contributed by atoms with Gasteiger partial charge in [-0.2, -0.15) is 0 Å². The molecular weight excluding hydrogens is 270 g/mol. The number of para-hydroxylation sites is 1. The summed E-state index contributed by atoms with van der Waals surface area (Å²) in [7, 11) is 0. The molecule has 0 amide bonds. The third-order valence-corrected chi connectivity index (χ3v) is 4.50. The van der Waals surface area contributed by atoms with E-state index in [4.69, 9.17) is 0 Å². The van der Waals surface area contributed by atoms with Gasteiger partial charge in [-0.25, -0.2) is 0 Å². The van der Waals surface area contributed by atoms with Crippen LogP contribution in [0.15, 0.2) is 34.7 Å². The number of thiazole rings is 1. The minimum absolute atomic E-state index is 0.703. The van der Waals surface area contributed by atoms with E-state index in [2.05, 4.69) is 34.0 Å². The third kappa shape index (κ3) is 3.76. The van der Waals surface area contributed by atoms with Gasteiger partial charge < -0.3 is 4.57 Å². The van der Waals surface area contributed by atoms with Gasteiger partial charge in [0.1, 0.15) is 0 Å². The summed E-state index contributed by atoms with van der Waals surface area (Å²) in [4.78, 5) is 11.1. The number of aryl methyl sites for hydroxylation is 1. The molecule has 0 fully saturated rings. The molecule has 2 rings (SSSR count). The minimum Gasteiger partial charge on any atom is -0.315 e. The predicted octanol–water partition coefficient (Wildman–Crippen LogP) is 4.65. The van der Waals surface area contributed by atoms with Crippen molar-refractivity contribution >= 4 is 21.6 Å². The molecule has 4 nitrogen and oxygen atoms in total. The van der Waals surface area contributed by atoms with E-state index < -0.39 is 0 Å². The Morgan fingerprint density at radius 2 is 1.85 bits per heavy atom. The quantitative estimate of drug-likeness (QED) is 0.397. The molecule has 0 atom stereocenters. The van der Waals surface area contributed by atoms with Gasteiger partial charge in [0.25, 0.3) is 0 Å². The smallest absolute Gasteiger partial charge is 0.215 e. The maximum Gasteiger partial charge on any atom is 0.215 e. The molecule has 5 heteroatoms. The fourth-order valence-corrected chi connectivity index (χ4v) is 3.40. The van der Waals surface area contributed by atoms with E-state index in [1.807, 2.05) is 12.1 Å². The van der Waals surface area contributed by atoms with E-state index >= 15 is 0 Å². The first-order valence-corrected chi connectivity index (χ1v) is 8.13. The summed E-state index contributed by atoms with van der Waals surface area (Å²) in [5.74, 6) is 0. The first-order chi connectivity index (χ1) is 9.86. The lowest BCUT2D eigenvalue weighted by Crippen LogP contribution is -2.14. The van der Waals surface area contributed by atoms with Gasteiger partial charge in [-0.05, 0) is 18.6 Å². The van der Waals surface area contributed by atoms with Crippen LogP contribution in [0.1, 0.15) is 45.4 Å². The summed E-state index contributed by atoms with van der Waals surface area (Å²) >= 11 is 1.52. The molecule has 0 unspecified atom stereocenters. The number of hydrogen-bond acceptors (Lipinski definition) is 3. The Morgan fingerprint density at radius 1 is 1.10 bits per heavy atom. The molecule has 1 heterocycles. The Balaban J connectivity index is 2.06. The highest BCUT2D eigenvalue weighted by Gasteiger charge is 2.05. The maximum atomic E-state index is 10.4. The summed E-state index contributed by atoms with van der Waals surface area (Å²) in [5.41, 5.74) is 1.15. The fraction of sp³-hybridized carbons (Fsp3) is 0.533. The molecule has 0 saturated heterocycles. The highest BCUT2D eigenvalue weighted by molar-refractivity contribution is 7.16. The van der Waals surface area contributed by atoms with Crippen molar-refractivity contribution in [2.45, 2.75) is 52.0 Å². The molecule has 0 aliphatic carbocycles. The van der Waals surface area contributed by atoms with E-state index in [9.17, 15) is 4.91 Å². The second kappa shape index (κ2) is 7.94. The Morgan fingerprint density at radius 3 is 2.65 bits per heavy atom. The van der Waals surface area contributed by atoms with Crippen molar-refractivity contribution in [2.24, 2.45) is 10.4 Å². The number of aromatic nitrogens is 1. The van der Waals surface area contributed by atoms with Crippen LogP contribution >= 0.6 is 11.3 Å². The van der Waals surface area contributed by atoms with Crippen molar-refractivity contribution in [1.29, 1.82) is 0 Å². The number of benzene rings is 1. The van der Waals surface area contributed by atoms with Gasteiger partial charge in [-0.15, -0.1) is 4.91 Å². The van der Waals surface area contributed by atoms with Crippen molar-refractivity contribution in [1.82, 2.24) is 4.57 Å². The number of unbranched alkanes of at least 4 members (excludes halogenated alkanes) is 5. The highest BCUT2D eigenvalue weighted by Crippen LogP contribution is 2.17. The lowest BCUT2D eigenvalue weighted by molar-refractivity contribution is 0.558. The van der Waals surface area contributed by atoms with E-state index in [0.717, 1.165) is 23.2 Å². The van der Waals surface area contributed by atoms with Gasteiger partial charge in [0, 0.05) is 6.54 Å². The summed E-state index contributed by atoms with van der Waals surface area (Å²) < 4.78 is 3.27. The Kier molecular flexibility index (Phi) is 5.92. The molecule has 0 spiro atoms. The standard InChI is InChI=1S/C15H21N3OS/c1-2-3-4-5-6-9-12-18-13-10-7-8-11-14(13)20-15(18)16-17-19/h7-8,10-11H,2-6,9,12H2,1H3/b16-15-. The Bertz CT molecular complexity index is 615. The first kappa shape index (κ1) is 14.9. The van der Waals surface area contributed by atoms with Crippen molar-refractivity contribution < 1.29 is 0 Å². The predicted molar refractivity (Wildman–Crippen MR) is 84.5 cm³/mol. The fourth-order valence-electron chi connectivity index (χ4n) is 2.40. The van der Waals surface area contributed by atoms with Crippen LogP contribution in [0.2, 0.25) is 0 Å². The maximum absolute atomic E-state index is 10.4. The molecule has 108 valence electrons. The third-order valence-electron chi connectivity index (χ3n) is 3.45. The molecule has 2 aromatic rings. The lowest BCUT2D eigenvalue weighted by Gasteiger charge is -2.04. The summed E-state index contributed by atoms with van der Waals surface area (Å²) in [6.07, 6.45) is 7.55. The summed E-state index contributed by atoms with van der Waals surface area (Å²) in [5, 5.41) is 6.42. The van der Waals surface area contributed by atoms with E-state index in [1.54, 1.807) is 0 Å². The monoisotopic (exact) mass is 291 g/mol. The zero-order valence-corrected chi connectivity index (χ0v) is 12.7. The van der Waals surface area contributed by atoms with Crippen molar-refractivity contribution in [3.05, 3.63) is 34.0 Å². The lowest BCUT2D eigenvalue weighted by atomic mass is 10.1. The number of nitrogens with zero attached hydrogens (tertiary/aromatic N) is 3. The normalized spacial score (nSPS) is 12.2. The van der Waals surface area contributed by atoms with Crippen molar-refractivity contribution in [3.63, 3.8) is 0 Å². The van der Waals surface area contributed by atoms with Crippen LogP contribution in [-0.4, -0.2) is 4.57 Å². The molecule has 0 radical (unpaired) electrons. The molecule has 1 aromatic carbocycles. The van der Waals surface area contributed by atoms with Crippen LogP contribution in [0, 0.1) is 4.91 Å². The van der Waals surface area contributed by atoms with Crippen LogP contribution in [0.25, 0.3) is 10.2 Å². The molecule has 0 bridgehead atoms.